The van der Waals surface area contributed by atoms with Gasteiger partial charge in [-0.1, -0.05) is 12.1 Å². The molecule has 1 aliphatic heterocycles. The maximum atomic E-state index is 13.2. The maximum absolute atomic E-state index is 13.2. The Balaban J connectivity index is 1.88. The van der Waals surface area contributed by atoms with Crippen LogP contribution in [0.3, 0.4) is 0 Å². The molecule has 3 N–H and O–H groups in total. The van der Waals surface area contributed by atoms with E-state index < -0.39 is 16.1 Å². The van der Waals surface area contributed by atoms with Crippen molar-refractivity contribution in [3.05, 3.63) is 42.7 Å². The van der Waals surface area contributed by atoms with Gasteiger partial charge in [-0.25, -0.2) is 8.42 Å². The number of hydrogen-bond acceptors (Lipinski definition) is 7. The summed E-state index contributed by atoms with van der Waals surface area (Å²) in [4.78, 5) is 20.5. The van der Waals surface area contributed by atoms with E-state index >= 15 is 0 Å². The third-order valence-corrected chi connectivity index (χ3v) is 6.61. The van der Waals surface area contributed by atoms with E-state index in [9.17, 15) is 13.2 Å². The first-order valence-corrected chi connectivity index (χ1v) is 11.1. The molecule has 0 spiro atoms. The number of nitrogens with one attached hydrogen (secondary N) is 1. The summed E-state index contributed by atoms with van der Waals surface area (Å²) in [7, 11) is -0.677. The molecule has 1 saturated heterocycles. The van der Waals surface area contributed by atoms with Crippen LogP contribution in [0.25, 0.3) is 11.1 Å². The highest BCUT2D eigenvalue weighted by Crippen LogP contribution is 2.35. The number of amides is 1. The topological polar surface area (TPSA) is 118 Å². The predicted octanol–water partition coefficient (Wildman–Crippen LogP) is 0.137. The van der Waals surface area contributed by atoms with Gasteiger partial charge >= 0.3 is 0 Å². The van der Waals surface area contributed by atoms with Crippen LogP contribution in [-0.2, 0) is 14.8 Å². The molecule has 10 heteroatoms. The van der Waals surface area contributed by atoms with E-state index in [-0.39, 0.29) is 23.1 Å². The van der Waals surface area contributed by atoms with Gasteiger partial charge in [-0.15, -0.1) is 0 Å². The summed E-state index contributed by atoms with van der Waals surface area (Å²) >= 11 is 0. The first kappa shape index (κ1) is 22.2. The van der Waals surface area contributed by atoms with E-state index in [1.807, 2.05) is 7.05 Å². The van der Waals surface area contributed by atoms with Crippen molar-refractivity contribution in [1.29, 1.82) is 0 Å². The fraction of sp³-hybridized carbons (Fsp3) is 0.400. The lowest BCUT2D eigenvalue weighted by atomic mass is 10.1. The minimum atomic E-state index is -4.07. The van der Waals surface area contributed by atoms with Crippen LogP contribution in [-0.4, -0.2) is 82.0 Å². The van der Waals surface area contributed by atoms with Crippen LogP contribution in [0.5, 0.6) is 5.75 Å². The summed E-state index contributed by atoms with van der Waals surface area (Å²) in [6, 6.07) is 7.32. The minimum Gasteiger partial charge on any atom is -0.495 e. The van der Waals surface area contributed by atoms with Gasteiger partial charge in [0.05, 0.1) is 7.11 Å². The molecule has 1 atom stereocenters. The van der Waals surface area contributed by atoms with Gasteiger partial charge in [-0.05, 0) is 30.8 Å². The monoisotopic (exact) mass is 433 g/mol. The molecule has 1 aliphatic rings. The molecule has 0 saturated carbocycles. The van der Waals surface area contributed by atoms with Gasteiger partial charge in [-0.2, -0.15) is 4.72 Å². The number of piperazine rings is 1. The van der Waals surface area contributed by atoms with Gasteiger partial charge in [0.25, 0.3) is 0 Å². The van der Waals surface area contributed by atoms with Gasteiger partial charge < -0.3 is 20.3 Å². The zero-order valence-corrected chi connectivity index (χ0v) is 17.9. The Morgan fingerprint density at radius 3 is 2.47 bits per heavy atom. The highest BCUT2D eigenvalue weighted by molar-refractivity contribution is 7.89. The van der Waals surface area contributed by atoms with Crippen molar-refractivity contribution in [2.45, 2.75) is 10.9 Å². The molecule has 1 aromatic carbocycles. The van der Waals surface area contributed by atoms with Crippen LogP contribution >= 0.6 is 0 Å². The first-order chi connectivity index (χ1) is 14.4. The number of pyridine rings is 1. The lowest BCUT2D eigenvalue weighted by Gasteiger charge is -2.34. The van der Waals surface area contributed by atoms with E-state index in [4.69, 9.17) is 10.5 Å². The number of carbonyl (C=O) groups excluding carboxylic acids is 1. The average molecular weight is 434 g/mol. The fourth-order valence-corrected chi connectivity index (χ4v) is 4.79. The number of carbonyl (C=O) groups is 1. The number of likely N-dealkylation sites (N-methyl/N-ethyl adjacent to an activating group) is 1. The molecule has 162 valence electrons. The largest absolute Gasteiger partial charge is 0.495 e. The second-order valence-corrected chi connectivity index (χ2v) is 8.79. The second kappa shape index (κ2) is 9.52. The molecule has 30 heavy (non-hydrogen) atoms. The molecule has 1 amide bonds. The number of rotatable bonds is 7. The molecule has 1 fully saturated rings. The lowest BCUT2D eigenvalue weighted by molar-refractivity contribution is -0.134. The summed E-state index contributed by atoms with van der Waals surface area (Å²) in [6.07, 6.45) is 3.24. The molecule has 2 aromatic rings. The first-order valence-electron chi connectivity index (χ1n) is 9.64. The third kappa shape index (κ3) is 4.78. The van der Waals surface area contributed by atoms with E-state index in [1.165, 1.54) is 13.2 Å². The van der Waals surface area contributed by atoms with Gasteiger partial charge in [-0.3, -0.25) is 9.78 Å². The Kier molecular flexibility index (Phi) is 7.03. The number of benzene rings is 1. The van der Waals surface area contributed by atoms with Crippen LogP contribution in [0.1, 0.15) is 0 Å². The summed E-state index contributed by atoms with van der Waals surface area (Å²) in [5.74, 6) is -0.127. The van der Waals surface area contributed by atoms with Crippen molar-refractivity contribution >= 4 is 15.9 Å². The van der Waals surface area contributed by atoms with E-state index in [0.717, 1.165) is 18.7 Å². The molecule has 0 radical (unpaired) electrons. The molecule has 2 heterocycles. The number of aromatic nitrogens is 1. The van der Waals surface area contributed by atoms with Crippen molar-refractivity contribution in [2.75, 3.05) is 46.9 Å². The minimum absolute atomic E-state index is 0.0519. The maximum Gasteiger partial charge on any atom is 0.245 e. The lowest BCUT2D eigenvalue weighted by Crippen LogP contribution is -2.56. The number of sulfonamides is 1. The standard InChI is InChI=1S/C20H27N5O4S/c1-24-10-12-25(13-11-24)20(26)17(14-21)23-30(27,28)18-5-3-4-16(19(18)29-2)15-6-8-22-9-7-15/h3-9,17,23H,10-14,21H2,1-2H3/t17-/m0/s1. The van der Waals surface area contributed by atoms with Crippen LogP contribution in [0.15, 0.2) is 47.6 Å². The number of ether oxygens (including phenoxy) is 1. The van der Waals surface area contributed by atoms with Gasteiger partial charge in [0.1, 0.15) is 16.7 Å². The molecule has 9 nitrogen and oxygen atoms in total. The van der Waals surface area contributed by atoms with Crippen LogP contribution in [0.4, 0.5) is 0 Å². The normalized spacial score (nSPS) is 16.3. The quantitative estimate of drug-likeness (QED) is 0.638. The molecule has 0 unspecified atom stereocenters. The van der Waals surface area contributed by atoms with Crippen LogP contribution in [0, 0.1) is 0 Å². The van der Waals surface area contributed by atoms with Crippen molar-refractivity contribution in [2.24, 2.45) is 5.73 Å². The Morgan fingerprint density at radius 1 is 1.20 bits per heavy atom. The Labute approximate surface area is 176 Å². The van der Waals surface area contributed by atoms with Crippen molar-refractivity contribution in [1.82, 2.24) is 19.5 Å². The van der Waals surface area contributed by atoms with Crippen LogP contribution in [0.2, 0.25) is 0 Å². The fourth-order valence-electron chi connectivity index (χ4n) is 3.39. The van der Waals surface area contributed by atoms with Gasteiger partial charge in [0, 0.05) is 50.7 Å². The number of nitrogens with zero attached hydrogens (tertiary/aromatic N) is 3. The molecular weight excluding hydrogens is 406 g/mol. The predicted molar refractivity (Wildman–Crippen MR) is 113 cm³/mol. The SMILES string of the molecule is COc1c(-c2ccncc2)cccc1S(=O)(=O)N[C@@H](CN)C(=O)N1CCN(C)CC1. The van der Waals surface area contributed by atoms with Crippen molar-refractivity contribution in [3.63, 3.8) is 0 Å². The smallest absolute Gasteiger partial charge is 0.245 e. The number of methoxy groups -OCH3 is 1. The zero-order chi connectivity index (χ0) is 21.7. The zero-order valence-electron chi connectivity index (χ0n) is 17.1. The van der Waals surface area contributed by atoms with E-state index in [1.54, 1.807) is 41.6 Å². The van der Waals surface area contributed by atoms with E-state index in [0.29, 0.717) is 18.7 Å². The number of hydrogen-bond donors (Lipinski definition) is 2. The Hall–Kier alpha value is -2.53. The molecule has 1 aromatic heterocycles. The highest BCUT2D eigenvalue weighted by Gasteiger charge is 2.31. The van der Waals surface area contributed by atoms with Crippen molar-refractivity contribution in [3.8, 4) is 16.9 Å². The van der Waals surface area contributed by atoms with Gasteiger partial charge in [0.2, 0.25) is 15.9 Å². The van der Waals surface area contributed by atoms with E-state index in [2.05, 4.69) is 14.6 Å². The average Bonchev–Trinajstić information content (AvgIpc) is 2.77. The summed E-state index contributed by atoms with van der Waals surface area (Å²) in [6.45, 7) is 2.40. The molecule has 0 aliphatic carbocycles. The third-order valence-electron chi connectivity index (χ3n) is 5.11. The van der Waals surface area contributed by atoms with Gasteiger partial charge in [0.15, 0.2) is 0 Å². The Morgan fingerprint density at radius 2 is 1.87 bits per heavy atom. The summed E-state index contributed by atoms with van der Waals surface area (Å²) in [5.41, 5.74) is 7.14. The van der Waals surface area contributed by atoms with Crippen LogP contribution < -0.4 is 15.2 Å². The summed E-state index contributed by atoms with van der Waals surface area (Å²) < 4.78 is 34.3. The Bertz CT molecular complexity index is 976. The number of para-hydroxylation sites is 1. The molecule has 3 rings (SSSR count). The van der Waals surface area contributed by atoms with Crippen molar-refractivity contribution < 1.29 is 17.9 Å². The highest BCUT2D eigenvalue weighted by atomic mass is 32.2. The summed E-state index contributed by atoms with van der Waals surface area (Å²) in [5, 5.41) is 0. The number of nitrogens with two attached hydrogens (primary N) is 1. The second-order valence-electron chi connectivity index (χ2n) is 7.11. The molecule has 0 bridgehead atoms. The molecular formula is C20H27N5O4S.